The Kier molecular flexibility index (Phi) is 3.44. The largest absolute Gasteiger partial charge is 0.370 e. The highest BCUT2D eigenvalue weighted by Crippen LogP contribution is 2.22. The Hall–Kier alpha value is -0.800. The lowest BCUT2D eigenvalue weighted by Crippen LogP contribution is -2.27. The Bertz CT molecular complexity index is 315. The Labute approximate surface area is 94.0 Å². The second kappa shape index (κ2) is 4.81. The number of hydrogen-bond donors (Lipinski definition) is 1. The third-order valence-corrected chi connectivity index (χ3v) is 2.77. The van der Waals surface area contributed by atoms with E-state index in [-0.39, 0.29) is 5.82 Å². The first kappa shape index (κ1) is 10.7. The molecule has 2 nitrogen and oxygen atoms in total. The summed E-state index contributed by atoms with van der Waals surface area (Å²) in [4.78, 5) is 2.16. The lowest BCUT2D eigenvalue weighted by atomic mass is 10.2. The van der Waals surface area contributed by atoms with Crippen LogP contribution in [-0.4, -0.2) is 26.2 Å². The number of anilines is 1. The zero-order valence-electron chi connectivity index (χ0n) is 8.47. The molecule has 0 unspecified atom stereocenters. The average molecular weight is 229 g/mol. The Balaban J connectivity index is 2.19. The van der Waals surface area contributed by atoms with Gasteiger partial charge in [-0.2, -0.15) is 0 Å². The van der Waals surface area contributed by atoms with E-state index in [4.69, 9.17) is 11.6 Å². The van der Waals surface area contributed by atoms with E-state index >= 15 is 0 Å². The first-order chi connectivity index (χ1) is 7.25. The lowest BCUT2D eigenvalue weighted by molar-refractivity contribution is 0.626. The van der Waals surface area contributed by atoms with Gasteiger partial charge in [-0.3, -0.25) is 0 Å². The SMILES string of the molecule is Fc1cc(Cl)cc(N2CCCNCC2)c1. The molecule has 1 aromatic carbocycles. The lowest BCUT2D eigenvalue weighted by Gasteiger charge is -2.22. The third kappa shape index (κ3) is 2.83. The van der Waals surface area contributed by atoms with Crippen molar-refractivity contribution < 1.29 is 4.39 Å². The molecule has 0 aliphatic carbocycles. The smallest absolute Gasteiger partial charge is 0.126 e. The van der Waals surface area contributed by atoms with Crippen LogP contribution >= 0.6 is 11.6 Å². The summed E-state index contributed by atoms with van der Waals surface area (Å²) in [6, 6.07) is 4.69. The molecule has 1 fully saturated rings. The van der Waals surface area contributed by atoms with Gasteiger partial charge in [0, 0.05) is 30.3 Å². The summed E-state index contributed by atoms with van der Waals surface area (Å²) in [6.45, 7) is 3.82. The Morgan fingerprint density at radius 3 is 2.87 bits per heavy atom. The molecule has 1 aliphatic rings. The summed E-state index contributed by atoms with van der Waals surface area (Å²) < 4.78 is 13.2. The number of rotatable bonds is 1. The van der Waals surface area contributed by atoms with Crippen molar-refractivity contribution in [3.63, 3.8) is 0 Å². The van der Waals surface area contributed by atoms with Gasteiger partial charge in [-0.25, -0.2) is 4.39 Å². The van der Waals surface area contributed by atoms with Crippen LogP contribution in [0.1, 0.15) is 6.42 Å². The average Bonchev–Trinajstić information content (AvgIpc) is 2.43. The molecular formula is C11H14ClFN2. The van der Waals surface area contributed by atoms with Gasteiger partial charge in [0.2, 0.25) is 0 Å². The number of benzene rings is 1. The topological polar surface area (TPSA) is 15.3 Å². The van der Waals surface area contributed by atoms with E-state index in [1.165, 1.54) is 12.1 Å². The molecule has 82 valence electrons. The minimum absolute atomic E-state index is 0.269. The fourth-order valence-corrected chi connectivity index (χ4v) is 2.04. The van der Waals surface area contributed by atoms with Gasteiger partial charge in [-0.15, -0.1) is 0 Å². The van der Waals surface area contributed by atoms with Crippen molar-refractivity contribution >= 4 is 17.3 Å². The zero-order valence-corrected chi connectivity index (χ0v) is 9.23. The first-order valence-electron chi connectivity index (χ1n) is 5.17. The summed E-state index contributed by atoms with van der Waals surface area (Å²) in [5.74, 6) is -0.269. The molecule has 0 atom stereocenters. The highest BCUT2D eigenvalue weighted by atomic mass is 35.5. The molecule has 0 saturated carbocycles. The molecule has 4 heteroatoms. The molecule has 0 radical (unpaired) electrons. The first-order valence-corrected chi connectivity index (χ1v) is 5.55. The molecule has 1 aromatic rings. The third-order valence-electron chi connectivity index (χ3n) is 2.55. The van der Waals surface area contributed by atoms with Gasteiger partial charge in [-0.05, 0) is 31.2 Å². The van der Waals surface area contributed by atoms with Crippen LogP contribution < -0.4 is 10.2 Å². The van der Waals surface area contributed by atoms with Gasteiger partial charge in [0.25, 0.3) is 0 Å². The van der Waals surface area contributed by atoms with E-state index in [2.05, 4.69) is 10.2 Å². The summed E-state index contributed by atoms with van der Waals surface area (Å²) in [7, 11) is 0. The molecule has 0 spiro atoms. The molecule has 1 heterocycles. The van der Waals surface area contributed by atoms with Crippen molar-refractivity contribution in [2.24, 2.45) is 0 Å². The monoisotopic (exact) mass is 228 g/mol. The number of halogens is 2. The minimum Gasteiger partial charge on any atom is -0.370 e. The number of nitrogens with one attached hydrogen (secondary N) is 1. The normalized spacial score (nSPS) is 17.6. The Morgan fingerprint density at radius 1 is 1.20 bits per heavy atom. The fourth-order valence-electron chi connectivity index (χ4n) is 1.83. The van der Waals surface area contributed by atoms with Crippen molar-refractivity contribution in [1.29, 1.82) is 0 Å². The van der Waals surface area contributed by atoms with Crippen molar-refractivity contribution in [2.75, 3.05) is 31.1 Å². The van der Waals surface area contributed by atoms with Gasteiger partial charge in [0.05, 0.1) is 0 Å². The second-order valence-corrected chi connectivity index (χ2v) is 4.15. The van der Waals surface area contributed by atoms with Crippen LogP contribution in [0.3, 0.4) is 0 Å². The molecular weight excluding hydrogens is 215 g/mol. The van der Waals surface area contributed by atoms with Crippen molar-refractivity contribution in [3.05, 3.63) is 29.0 Å². The molecule has 0 amide bonds. The van der Waals surface area contributed by atoms with Crippen LogP contribution in [0.2, 0.25) is 5.02 Å². The summed E-state index contributed by atoms with van der Waals surface area (Å²) in [6.07, 6.45) is 1.08. The van der Waals surface area contributed by atoms with E-state index in [0.717, 1.165) is 38.3 Å². The van der Waals surface area contributed by atoms with E-state index in [9.17, 15) is 4.39 Å². The van der Waals surface area contributed by atoms with Crippen molar-refractivity contribution in [1.82, 2.24) is 5.32 Å². The summed E-state index contributed by atoms with van der Waals surface area (Å²) in [5, 5.41) is 3.77. The predicted octanol–water partition coefficient (Wildman–Crippen LogP) is 2.28. The van der Waals surface area contributed by atoms with Crippen LogP contribution in [0.5, 0.6) is 0 Å². The quantitative estimate of drug-likeness (QED) is 0.794. The van der Waals surface area contributed by atoms with Gasteiger partial charge in [-0.1, -0.05) is 11.6 Å². The van der Waals surface area contributed by atoms with Crippen LogP contribution in [0.4, 0.5) is 10.1 Å². The molecule has 0 bridgehead atoms. The maximum atomic E-state index is 13.2. The number of hydrogen-bond acceptors (Lipinski definition) is 2. The Morgan fingerprint density at radius 2 is 2.07 bits per heavy atom. The van der Waals surface area contributed by atoms with Crippen LogP contribution in [-0.2, 0) is 0 Å². The van der Waals surface area contributed by atoms with Gasteiger partial charge in [0.1, 0.15) is 5.82 Å². The zero-order chi connectivity index (χ0) is 10.7. The van der Waals surface area contributed by atoms with Crippen molar-refractivity contribution in [2.45, 2.75) is 6.42 Å². The molecule has 2 rings (SSSR count). The van der Waals surface area contributed by atoms with E-state index in [1.807, 2.05) is 6.07 Å². The van der Waals surface area contributed by atoms with Crippen LogP contribution in [0.25, 0.3) is 0 Å². The molecule has 15 heavy (non-hydrogen) atoms. The number of nitrogens with zero attached hydrogens (tertiary/aromatic N) is 1. The highest BCUT2D eigenvalue weighted by Gasteiger charge is 2.10. The van der Waals surface area contributed by atoms with E-state index < -0.39 is 0 Å². The van der Waals surface area contributed by atoms with Crippen molar-refractivity contribution in [3.8, 4) is 0 Å². The van der Waals surface area contributed by atoms with Gasteiger partial charge in [0.15, 0.2) is 0 Å². The second-order valence-electron chi connectivity index (χ2n) is 3.72. The summed E-state index contributed by atoms with van der Waals surface area (Å²) in [5.41, 5.74) is 0.878. The van der Waals surface area contributed by atoms with E-state index in [1.54, 1.807) is 0 Å². The maximum Gasteiger partial charge on any atom is 0.126 e. The van der Waals surface area contributed by atoms with Gasteiger partial charge < -0.3 is 10.2 Å². The van der Waals surface area contributed by atoms with Crippen LogP contribution in [0, 0.1) is 5.82 Å². The molecule has 0 aromatic heterocycles. The highest BCUT2D eigenvalue weighted by molar-refractivity contribution is 6.30. The standard InChI is InChI=1S/C11H14ClFN2/c12-9-6-10(13)8-11(7-9)15-4-1-2-14-3-5-15/h6-8,14H,1-5H2. The maximum absolute atomic E-state index is 13.2. The molecule has 1 saturated heterocycles. The molecule has 1 aliphatic heterocycles. The van der Waals surface area contributed by atoms with E-state index in [0.29, 0.717) is 5.02 Å². The van der Waals surface area contributed by atoms with Crippen LogP contribution in [0.15, 0.2) is 18.2 Å². The predicted molar refractivity (Wildman–Crippen MR) is 61.1 cm³/mol. The summed E-state index contributed by atoms with van der Waals surface area (Å²) >= 11 is 5.83. The van der Waals surface area contributed by atoms with Gasteiger partial charge >= 0.3 is 0 Å². The minimum atomic E-state index is -0.269. The fraction of sp³-hybridized carbons (Fsp3) is 0.455. The molecule has 1 N–H and O–H groups in total.